The van der Waals surface area contributed by atoms with E-state index in [2.05, 4.69) is 45.2 Å². The van der Waals surface area contributed by atoms with Gasteiger partial charge in [-0.25, -0.2) is 0 Å². The summed E-state index contributed by atoms with van der Waals surface area (Å²) in [4.78, 5) is 11.5. The van der Waals surface area contributed by atoms with Crippen molar-refractivity contribution in [3.63, 3.8) is 0 Å². The molecule has 0 atom stereocenters. The first-order valence-electron chi connectivity index (χ1n) is 4.16. The minimum absolute atomic E-state index is 0.170. The van der Waals surface area contributed by atoms with Crippen molar-refractivity contribution in [3.05, 3.63) is 24.8 Å². The molecule has 0 aromatic heterocycles. The van der Waals surface area contributed by atoms with E-state index in [1.54, 1.807) is 7.11 Å². The molecule has 0 saturated heterocycles. The molecule has 2 nitrogen and oxygen atoms in total. The minimum Gasteiger partial charge on any atom is -0.495 e. The van der Waals surface area contributed by atoms with Crippen molar-refractivity contribution in [1.82, 2.24) is 0 Å². The zero-order chi connectivity index (χ0) is 10.7. The quantitative estimate of drug-likeness (QED) is 0.558. The van der Waals surface area contributed by atoms with Crippen LogP contribution in [-0.2, 0) is 0 Å². The highest BCUT2D eigenvalue weighted by molar-refractivity contribution is 14.1. The molecule has 0 amide bonds. The Labute approximate surface area is 111 Å². The largest absolute Gasteiger partial charge is 0.495 e. The summed E-state index contributed by atoms with van der Waals surface area (Å²) < 4.78 is 7.18. The zero-order valence-electron chi connectivity index (χ0n) is 7.93. The molecule has 4 heteroatoms. The van der Waals surface area contributed by atoms with Crippen molar-refractivity contribution in [2.45, 2.75) is 13.3 Å². The lowest BCUT2D eigenvalue weighted by molar-refractivity contribution is 0.0988. The number of hydrogen-bond donors (Lipinski definition) is 0. The number of ketones is 1. The van der Waals surface area contributed by atoms with Crippen molar-refractivity contribution in [1.29, 1.82) is 0 Å². The maximum atomic E-state index is 11.5. The normalized spacial score (nSPS) is 10.0. The maximum absolute atomic E-state index is 11.5. The number of benzene rings is 1. The topological polar surface area (TPSA) is 26.3 Å². The summed E-state index contributed by atoms with van der Waals surface area (Å²) in [6, 6.07) is 3.74. The number of carbonyl (C=O) groups excluding carboxylic acids is 1. The average Bonchev–Trinajstić information content (AvgIpc) is 2.16. The third-order valence-electron chi connectivity index (χ3n) is 1.85. The Hall–Kier alpha value is 0.150. The first-order chi connectivity index (χ1) is 6.60. The van der Waals surface area contributed by atoms with E-state index in [4.69, 9.17) is 4.74 Å². The van der Waals surface area contributed by atoms with Gasteiger partial charge >= 0.3 is 0 Å². The van der Waals surface area contributed by atoms with Crippen LogP contribution < -0.4 is 4.74 Å². The van der Waals surface area contributed by atoms with Crippen molar-refractivity contribution in [3.8, 4) is 5.75 Å². The van der Waals surface area contributed by atoms with E-state index in [0.717, 1.165) is 18.5 Å². The van der Waals surface area contributed by atoms with Gasteiger partial charge in [-0.1, -0.05) is 6.92 Å². The second-order valence-electron chi connectivity index (χ2n) is 2.75. The Balaban J connectivity index is 3.20. The first kappa shape index (κ1) is 12.2. The van der Waals surface area contributed by atoms with E-state index in [0.29, 0.717) is 6.42 Å². The first-order valence-corrected chi connectivity index (χ1v) is 6.32. The molecular weight excluding hydrogens is 406 g/mol. The molecule has 0 bridgehead atoms. The predicted octanol–water partition coefficient (Wildman–Crippen LogP) is 3.50. The molecule has 0 N–H and O–H groups in total. The van der Waals surface area contributed by atoms with Crippen LogP contribution in [0, 0.1) is 7.14 Å². The third-order valence-corrected chi connectivity index (χ3v) is 3.45. The fourth-order valence-electron chi connectivity index (χ4n) is 1.12. The maximum Gasteiger partial charge on any atom is 0.162 e. The summed E-state index contributed by atoms with van der Waals surface area (Å²) in [6.07, 6.45) is 0.540. The van der Waals surface area contributed by atoms with Crippen LogP contribution in [0.15, 0.2) is 12.1 Å². The molecule has 0 aliphatic carbocycles. The monoisotopic (exact) mass is 416 g/mol. The number of hydrogen-bond acceptors (Lipinski definition) is 2. The SMILES string of the molecule is CCC(=O)c1cc(I)c(OC)c(I)c1. The fourth-order valence-corrected chi connectivity index (χ4v) is 3.33. The second kappa shape index (κ2) is 5.29. The number of rotatable bonds is 3. The van der Waals surface area contributed by atoms with E-state index in [-0.39, 0.29) is 5.78 Å². The van der Waals surface area contributed by atoms with Gasteiger partial charge in [0.15, 0.2) is 5.78 Å². The molecule has 1 aromatic rings. The van der Waals surface area contributed by atoms with E-state index in [9.17, 15) is 4.79 Å². The lowest BCUT2D eigenvalue weighted by Gasteiger charge is -2.07. The molecular formula is C10H10I2O2. The number of methoxy groups -OCH3 is 1. The predicted molar refractivity (Wildman–Crippen MR) is 73.0 cm³/mol. The van der Waals surface area contributed by atoms with Crippen molar-refractivity contribution in [2.75, 3.05) is 7.11 Å². The lowest BCUT2D eigenvalue weighted by atomic mass is 10.1. The third kappa shape index (κ3) is 2.59. The van der Waals surface area contributed by atoms with Gasteiger partial charge in [-0.3, -0.25) is 4.79 Å². The van der Waals surface area contributed by atoms with Gasteiger partial charge in [-0.2, -0.15) is 0 Å². The second-order valence-corrected chi connectivity index (χ2v) is 5.07. The number of halogens is 2. The molecule has 0 fully saturated rings. The minimum atomic E-state index is 0.170. The Bertz CT molecular complexity index is 338. The average molecular weight is 416 g/mol. The van der Waals surface area contributed by atoms with Gasteiger partial charge in [0.05, 0.1) is 14.3 Å². The molecule has 0 radical (unpaired) electrons. The lowest BCUT2D eigenvalue weighted by Crippen LogP contribution is -2.00. The van der Waals surface area contributed by atoms with Gasteiger partial charge in [0, 0.05) is 12.0 Å². The summed E-state index contributed by atoms with van der Waals surface area (Å²) in [5, 5.41) is 0. The van der Waals surface area contributed by atoms with Crippen LogP contribution in [0.3, 0.4) is 0 Å². The molecule has 0 saturated carbocycles. The molecule has 1 rings (SSSR count). The summed E-state index contributed by atoms with van der Waals surface area (Å²) >= 11 is 4.36. The molecule has 0 spiro atoms. The van der Waals surface area contributed by atoms with Gasteiger partial charge in [-0.15, -0.1) is 0 Å². The zero-order valence-corrected chi connectivity index (χ0v) is 12.2. The van der Waals surface area contributed by atoms with Crippen LogP contribution in [-0.4, -0.2) is 12.9 Å². The van der Waals surface area contributed by atoms with Crippen LogP contribution in [0.2, 0.25) is 0 Å². The smallest absolute Gasteiger partial charge is 0.162 e. The highest BCUT2D eigenvalue weighted by Gasteiger charge is 2.11. The highest BCUT2D eigenvalue weighted by Crippen LogP contribution is 2.28. The van der Waals surface area contributed by atoms with E-state index in [1.165, 1.54) is 0 Å². The van der Waals surface area contributed by atoms with Crippen molar-refractivity contribution < 1.29 is 9.53 Å². The van der Waals surface area contributed by atoms with E-state index in [1.807, 2.05) is 19.1 Å². The van der Waals surface area contributed by atoms with Gasteiger partial charge in [0.1, 0.15) is 5.75 Å². The van der Waals surface area contributed by atoms with Crippen LogP contribution in [0.1, 0.15) is 23.7 Å². The summed E-state index contributed by atoms with van der Waals surface area (Å²) in [5.41, 5.74) is 0.766. The van der Waals surface area contributed by atoms with E-state index < -0.39 is 0 Å². The fraction of sp³-hybridized carbons (Fsp3) is 0.300. The van der Waals surface area contributed by atoms with Crippen LogP contribution in [0.4, 0.5) is 0 Å². The summed E-state index contributed by atoms with van der Waals surface area (Å²) in [6.45, 7) is 1.87. The van der Waals surface area contributed by atoms with Gasteiger partial charge < -0.3 is 4.74 Å². The van der Waals surface area contributed by atoms with Crippen LogP contribution in [0.25, 0.3) is 0 Å². The molecule has 14 heavy (non-hydrogen) atoms. The number of carbonyl (C=O) groups is 1. The Morgan fingerprint density at radius 3 is 2.21 bits per heavy atom. The number of ether oxygens (including phenoxy) is 1. The molecule has 76 valence electrons. The molecule has 0 aliphatic heterocycles. The molecule has 0 heterocycles. The molecule has 0 aliphatic rings. The van der Waals surface area contributed by atoms with Gasteiger partial charge in [0.25, 0.3) is 0 Å². The Kier molecular flexibility index (Phi) is 4.62. The standard InChI is InChI=1S/C10H10I2O2/c1-3-9(13)6-4-7(11)10(14-2)8(12)5-6/h4-5H,3H2,1-2H3. The van der Waals surface area contributed by atoms with Gasteiger partial charge in [0.2, 0.25) is 0 Å². The number of Topliss-reactive ketones (excluding diaryl/α,β-unsaturated/α-hetero) is 1. The summed E-state index contributed by atoms with van der Waals surface area (Å²) in [5.74, 6) is 1.02. The van der Waals surface area contributed by atoms with Crippen LogP contribution >= 0.6 is 45.2 Å². The highest BCUT2D eigenvalue weighted by atomic mass is 127. The molecule has 0 unspecified atom stereocenters. The van der Waals surface area contributed by atoms with Crippen LogP contribution in [0.5, 0.6) is 5.75 Å². The van der Waals surface area contributed by atoms with Crippen molar-refractivity contribution >= 4 is 51.0 Å². The Morgan fingerprint density at radius 1 is 1.36 bits per heavy atom. The Morgan fingerprint density at radius 2 is 1.86 bits per heavy atom. The molecule has 1 aromatic carbocycles. The van der Waals surface area contributed by atoms with Gasteiger partial charge in [-0.05, 0) is 57.3 Å². The van der Waals surface area contributed by atoms with Crippen molar-refractivity contribution in [2.24, 2.45) is 0 Å². The van der Waals surface area contributed by atoms with E-state index >= 15 is 0 Å². The summed E-state index contributed by atoms with van der Waals surface area (Å²) in [7, 11) is 1.64.